The maximum atomic E-state index is 12.4. The van der Waals surface area contributed by atoms with Crippen molar-refractivity contribution in [2.75, 3.05) is 33.0 Å². The zero-order valence-electron chi connectivity index (χ0n) is 17.3. The van der Waals surface area contributed by atoms with Crippen LogP contribution in [0.25, 0.3) is 0 Å². The summed E-state index contributed by atoms with van der Waals surface area (Å²) in [5.74, 6) is 1.77. The quantitative estimate of drug-likeness (QED) is 0.807. The number of piperazine rings is 1. The van der Waals surface area contributed by atoms with E-state index in [4.69, 9.17) is 9.47 Å². The van der Waals surface area contributed by atoms with Crippen molar-refractivity contribution in [2.24, 2.45) is 0 Å². The predicted molar refractivity (Wildman–Crippen MR) is 113 cm³/mol. The molecule has 2 aromatic carbocycles. The highest BCUT2D eigenvalue weighted by Gasteiger charge is 2.32. The Morgan fingerprint density at radius 3 is 2.67 bits per heavy atom. The molecule has 7 heteroatoms. The summed E-state index contributed by atoms with van der Waals surface area (Å²) in [4.78, 5) is 17.2. The third kappa shape index (κ3) is 4.01. The maximum Gasteiger partial charge on any atom is 0.231 e. The number of hydrogen-bond donors (Lipinski definition) is 2. The lowest BCUT2D eigenvalue weighted by atomic mass is 9.97. The molecule has 3 aliphatic heterocycles. The first-order valence-corrected chi connectivity index (χ1v) is 10.6. The van der Waals surface area contributed by atoms with Crippen LogP contribution in [0.4, 0.5) is 0 Å². The predicted octanol–water partition coefficient (Wildman–Crippen LogP) is 1.98. The molecule has 0 bridgehead atoms. The third-order valence-corrected chi connectivity index (χ3v) is 6.23. The van der Waals surface area contributed by atoms with E-state index in [1.807, 2.05) is 18.2 Å². The number of nitrogens with zero attached hydrogens (tertiary/aromatic N) is 2. The molecule has 2 fully saturated rings. The lowest BCUT2D eigenvalue weighted by molar-refractivity contribution is -0.127. The van der Waals surface area contributed by atoms with Crippen molar-refractivity contribution in [1.82, 2.24) is 20.4 Å². The number of hydrogen-bond acceptors (Lipinski definition) is 6. The standard InChI is InChI=1S/C23H28N4O3/c1-16-4-2-3-5-18(16)19-13-22(28)25-23(24-19)27-10-8-26(9-11-27)14-17-6-7-20-21(12-17)30-15-29-20/h2-7,12,19,23-24H,8-11,13-15H2,1H3,(H,25,28). The lowest BCUT2D eigenvalue weighted by Gasteiger charge is -2.43. The maximum absolute atomic E-state index is 12.4. The van der Waals surface area contributed by atoms with Gasteiger partial charge < -0.3 is 14.8 Å². The minimum atomic E-state index is -0.122. The summed E-state index contributed by atoms with van der Waals surface area (Å²) in [6.45, 7) is 7.02. The fourth-order valence-corrected chi connectivity index (χ4v) is 4.54. The number of aryl methyl sites for hydroxylation is 1. The third-order valence-electron chi connectivity index (χ3n) is 6.23. The molecule has 0 saturated carbocycles. The zero-order valence-corrected chi connectivity index (χ0v) is 17.3. The van der Waals surface area contributed by atoms with E-state index >= 15 is 0 Å². The Morgan fingerprint density at radius 1 is 1.03 bits per heavy atom. The number of amides is 1. The number of carbonyl (C=O) groups is 1. The van der Waals surface area contributed by atoms with E-state index in [1.54, 1.807) is 0 Å². The largest absolute Gasteiger partial charge is 0.454 e. The molecule has 0 aromatic heterocycles. The molecule has 30 heavy (non-hydrogen) atoms. The highest BCUT2D eigenvalue weighted by atomic mass is 16.7. The minimum absolute atomic E-state index is 0.0524. The van der Waals surface area contributed by atoms with E-state index in [-0.39, 0.29) is 18.2 Å². The van der Waals surface area contributed by atoms with Gasteiger partial charge >= 0.3 is 0 Å². The average molecular weight is 409 g/mol. The highest BCUT2D eigenvalue weighted by Crippen LogP contribution is 2.33. The van der Waals surface area contributed by atoms with Crippen molar-refractivity contribution < 1.29 is 14.3 Å². The normalized spacial score (nSPS) is 24.6. The Labute approximate surface area is 176 Å². The Balaban J connectivity index is 1.19. The summed E-state index contributed by atoms with van der Waals surface area (Å²) in [7, 11) is 0. The molecule has 0 radical (unpaired) electrons. The van der Waals surface area contributed by atoms with Gasteiger partial charge in [0, 0.05) is 45.2 Å². The van der Waals surface area contributed by atoms with Crippen molar-refractivity contribution >= 4 is 5.91 Å². The number of fused-ring (bicyclic) bond motifs is 1. The van der Waals surface area contributed by atoms with Gasteiger partial charge in [-0.2, -0.15) is 0 Å². The molecule has 3 aliphatic rings. The summed E-state index contributed by atoms with van der Waals surface area (Å²) in [6.07, 6.45) is 0.356. The van der Waals surface area contributed by atoms with Gasteiger partial charge in [-0.05, 0) is 35.7 Å². The van der Waals surface area contributed by atoms with Crippen LogP contribution in [0.2, 0.25) is 0 Å². The fraction of sp³-hybridized carbons (Fsp3) is 0.435. The van der Waals surface area contributed by atoms with E-state index in [9.17, 15) is 4.79 Å². The van der Waals surface area contributed by atoms with E-state index in [2.05, 4.69) is 51.6 Å². The molecule has 2 atom stereocenters. The molecule has 2 N–H and O–H groups in total. The fourth-order valence-electron chi connectivity index (χ4n) is 4.54. The van der Waals surface area contributed by atoms with E-state index in [0.29, 0.717) is 13.2 Å². The van der Waals surface area contributed by atoms with Crippen molar-refractivity contribution in [3.05, 3.63) is 59.2 Å². The van der Waals surface area contributed by atoms with Crippen molar-refractivity contribution in [1.29, 1.82) is 0 Å². The monoisotopic (exact) mass is 408 g/mol. The molecule has 0 aliphatic carbocycles. The summed E-state index contributed by atoms with van der Waals surface area (Å²) in [5, 5.41) is 6.77. The number of rotatable bonds is 4. The smallest absolute Gasteiger partial charge is 0.231 e. The molecule has 158 valence electrons. The van der Waals surface area contributed by atoms with Crippen LogP contribution in [-0.4, -0.2) is 55.0 Å². The van der Waals surface area contributed by atoms with Crippen molar-refractivity contribution in [3.8, 4) is 11.5 Å². The van der Waals surface area contributed by atoms with Gasteiger partial charge in [-0.25, -0.2) is 0 Å². The van der Waals surface area contributed by atoms with Gasteiger partial charge in [0.2, 0.25) is 12.7 Å². The van der Waals surface area contributed by atoms with Gasteiger partial charge in [0.05, 0.1) is 0 Å². The summed E-state index contributed by atoms with van der Waals surface area (Å²) >= 11 is 0. The Morgan fingerprint density at radius 2 is 1.83 bits per heavy atom. The minimum Gasteiger partial charge on any atom is -0.454 e. The molecule has 3 heterocycles. The Hall–Kier alpha value is -2.61. The first-order chi connectivity index (χ1) is 14.7. The summed E-state index contributed by atoms with van der Waals surface area (Å²) in [6, 6.07) is 14.5. The van der Waals surface area contributed by atoms with Gasteiger partial charge in [0.1, 0.15) is 6.29 Å². The van der Waals surface area contributed by atoms with Gasteiger partial charge in [-0.3, -0.25) is 19.9 Å². The SMILES string of the molecule is Cc1ccccc1C1CC(=O)NC(N2CCN(Cc3ccc4c(c3)OCO4)CC2)N1. The van der Waals surface area contributed by atoms with Gasteiger partial charge in [-0.1, -0.05) is 30.3 Å². The van der Waals surface area contributed by atoms with Gasteiger partial charge in [0.25, 0.3) is 0 Å². The van der Waals surface area contributed by atoms with Crippen LogP contribution in [0.1, 0.15) is 29.2 Å². The molecule has 0 spiro atoms. The van der Waals surface area contributed by atoms with E-state index < -0.39 is 0 Å². The van der Waals surface area contributed by atoms with Crippen LogP contribution in [0.3, 0.4) is 0 Å². The molecular formula is C23H28N4O3. The van der Waals surface area contributed by atoms with E-state index in [1.165, 1.54) is 16.7 Å². The summed E-state index contributed by atoms with van der Waals surface area (Å²) < 4.78 is 10.9. The van der Waals surface area contributed by atoms with E-state index in [0.717, 1.165) is 44.2 Å². The van der Waals surface area contributed by atoms with Crippen LogP contribution in [0.5, 0.6) is 11.5 Å². The average Bonchev–Trinajstić information content (AvgIpc) is 3.22. The first-order valence-electron chi connectivity index (χ1n) is 10.6. The van der Waals surface area contributed by atoms with Gasteiger partial charge in [0.15, 0.2) is 11.5 Å². The Bertz CT molecular complexity index is 926. The zero-order chi connectivity index (χ0) is 20.5. The van der Waals surface area contributed by atoms with Gasteiger partial charge in [-0.15, -0.1) is 0 Å². The molecular weight excluding hydrogens is 380 g/mol. The number of benzene rings is 2. The topological polar surface area (TPSA) is 66.1 Å². The number of ether oxygens (including phenoxy) is 2. The summed E-state index contributed by atoms with van der Waals surface area (Å²) in [5.41, 5.74) is 3.66. The van der Waals surface area contributed by atoms with Crippen LogP contribution in [-0.2, 0) is 11.3 Å². The highest BCUT2D eigenvalue weighted by molar-refractivity contribution is 5.78. The van der Waals surface area contributed by atoms with Crippen LogP contribution >= 0.6 is 0 Å². The molecule has 5 rings (SSSR count). The van der Waals surface area contributed by atoms with Crippen molar-refractivity contribution in [3.63, 3.8) is 0 Å². The Kier molecular flexibility index (Phi) is 5.33. The molecule has 2 saturated heterocycles. The lowest BCUT2D eigenvalue weighted by Crippen LogP contribution is -2.64. The number of nitrogens with one attached hydrogen (secondary N) is 2. The molecule has 1 amide bonds. The second-order valence-corrected chi connectivity index (χ2v) is 8.25. The molecule has 7 nitrogen and oxygen atoms in total. The van der Waals surface area contributed by atoms with Crippen LogP contribution in [0, 0.1) is 6.92 Å². The molecule has 2 aromatic rings. The second-order valence-electron chi connectivity index (χ2n) is 8.25. The number of carbonyl (C=O) groups excluding carboxylic acids is 1. The second kappa shape index (κ2) is 8.26. The van der Waals surface area contributed by atoms with Crippen LogP contribution in [0.15, 0.2) is 42.5 Å². The molecule has 2 unspecified atom stereocenters. The van der Waals surface area contributed by atoms with Crippen LogP contribution < -0.4 is 20.1 Å². The first kappa shape index (κ1) is 19.4. The van der Waals surface area contributed by atoms with Crippen molar-refractivity contribution in [2.45, 2.75) is 32.2 Å².